The molecule has 0 aliphatic heterocycles. The molecule has 5 heteroatoms. The summed E-state index contributed by atoms with van der Waals surface area (Å²) < 4.78 is 0. The van der Waals surface area contributed by atoms with Crippen LogP contribution in [0.1, 0.15) is 32.1 Å². The maximum Gasteiger partial charge on any atom is 2.00 e. The predicted molar refractivity (Wildman–Crippen MR) is 44.4 cm³/mol. The molecule has 0 saturated heterocycles. The number of carboxylic acids is 1. The van der Waals surface area contributed by atoms with Gasteiger partial charge >= 0.3 is 37.7 Å². The maximum atomic E-state index is 10.4. The molecule has 1 aliphatic carbocycles. The van der Waals surface area contributed by atoms with Crippen LogP contribution in [0.15, 0.2) is 0 Å². The molecule has 1 rings (SSSR count). The van der Waals surface area contributed by atoms with Gasteiger partial charge in [-0.2, -0.15) is 0 Å². The molecular formula is C7H14CaNO3+. The number of carboxylic acid groups (broad SMARTS) is 1. The molecule has 1 aliphatic rings. The third-order valence-electron chi connectivity index (χ3n) is 2.15. The zero-order valence-corrected chi connectivity index (χ0v) is 9.34. The van der Waals surface area contributed by atoms with E-state index in [9.17, 15) is 9.90 Å². The molecule has 0 radical (unpaired) electrons. The Kier molecular flexibility index (Phi) is 7.77. The normalized spacial score (nSPS) is 20.1. The van der Waals surface area contributed by atoms with Crippen LogP contribution in [-0.4, -0.2) is 54.7 Å². The fourth-order valence-electron chi connectivity index (χ4n) is 1.39. The quantitative estimate of drug-likeness (QED) is 0.505. The van der Waals surface area contributed by atoms with Crippen LogP contribution in [0.25, 0.3) is 0 Å². The van der Waals surface area contributed by atoms with Crippen molar-refractivity contribution in [1.82, 2.24) is 0 Å². The Bertz CT molecular complexity index is 146. The van der Waals surface area contributed by atoms with E-state index in [2.05, 4.69) is 0 Å². The minimum absolute atomic E-state index is 0. The molecule has 4 nitrogen and oxygen atoms in total. The van der Waals surface area contributed by atoms with E-state index in [4.69, 9.17) is 5.73 Å². The zero-order valence-electron chi connectivity index (χ0n) is 7.14. The number of nitrogens with two attached hydrogens (primary N) is 1. The number of carbonyl (C=O) groups is 1. The number of aliphatic carboxylic acids is 1. The van der Waals surface area contributed by atoms with E-state index >= 15 is 0 Å². The summed E-state index contributed by atoms with van der Waals surface area (Å²) in [5.41, 5.74) is 4.52. The summed E-state index contributed by atoms with van der Waals surface area (Å²) in [5, 5.41) is 10.4. The van der Waals surface area contributed by atoms with Gasteiger partial charge in [0.1, 0.15) is 0 Å². The van der Waals surface area contributed by atoms with Crippen LogP contribution in [-0.2, 0) is 4.79 Å². The molecule has 0 unspecified atom stereocenters. The number of carbonyl (C=O) groups excluding carboxylic acids is 1. The molecule has 0 aromatic heterocycles. The van der Waals surface area contributed by atoms with Gasteiger partial charge in [0.2, 0.25) is 0 Å². The van der Waals surface area contributed by atoms with Crippen molar-refractivity contribution in [2.75, 3.05) is 0 Å². The molecule has 66 valence electrons. The average Bonchev–Trinajstić information content (AvgIpc) is 1.89. The molecule has 1 fully saturated rings. The molecule has 4 N–H and O–H groups in total. The third-order valence-corrected chi connectivity index (χ3v) is 2.15. The molecule has 0 aromatic carbocycles. The summed E-state index contributed by atoms with van der Waals surface area (Å²) in [6.45, 7) is 0. The van der Waals surface area contributed by atoms with E-state index in [0.717, 1.165) is 19.3 Å². The van der Waals surface area contributed by atoms with Gasteiger partial charge in [0.15, 0.2) is 0 Å². The van der Waals surface area contributed by atoms with Gasteiger partial charge in [-0.25, -0.2) is 0 Å². The minimum atomic E-state index is -1.09. The number of hydrogen-bond donors (Lipinski definition) is 1. The topological polar surface area (TPSA) is 97.7 Å². The van der Waals surface area contributed by atoms with Crippen LogP contribution in [0.4, 0.5) is 0 Å². The largest absolute Gasteiger partial charge is 2.00 e. The van der Waals surface area contributed by atoms with Crippen LogP contribution in [0.2, 0.25) is 0 Å². The molecule has 12 heavy (non-hydrogen) atoms. The second-order valence-corrected chi connectivity index (χ2v) is 3.00. The van der Waals surface area contributed by atoms with Crippen LogP contribution in [0.3, 0.4) is 0 Å². The van der Waals surface area contributed by atoms with Crippen LogP contribution in [0.5, 0.6) is 0 Å². The van der Waals surface area contributed by atoms with Crippen molar-refractivity contribution in [3.05, 3.63) is 0 Å². The van der Waals surface area contributed by atoms with Crippen molar-refractivity contribution in [2.24, 2.45) is 5.73 Å². The Labute approximate surface area is 102 Å². The molecule has 0 amide bonds. The third kappa shape index (κ3) is 3.58. The average molecular weight is 200 g/mol. The van der Waals surface area contributed by atoms with Gasteiger partial charge in [-0.3, -0.25) is 0 Å². The van der Waals surface area contributed by atoms with E-state index in [1.807, 2.05) is 0 Å². The standard InChI is InChI=1S/C7H13NO2.Ca.H2O/c8-7(6(9)10)4-2-1-3-5-7;;/h1-5,8H2,(H,9,10);;1H2/q;+2;/p-1. The molecular weight excluding hydrogens is 186 g/mol. The minimum Gasteiger partial charge on any atom is -0.548 e. The van der Waals surface area contributed by atoms with Crippen LogP contribution in [0, 0.1) is 0 Å². The van der Waals surface area contributed by atoms with Crippen molar-refractivity contribution in [3.8, 4) is 0 Å². The molecule has 0 heterocycles. The SMILES string of the molecule is NC1(C(=O)[O-])CCCCC1.O.[Ca+2]. The first-order chi connectivity index (χ1) is 4.65. The Balaban J connectivity index is 0. The van der Waals surface area contributed by atoms with Crippen LogP contribution < -0.4 is 10.8 Å². The van der Waals surface area contributed by atoms with Gasteiger partial charge in [-0.1, -0.05) is 19.3 Å². The van der Waals surface area contributed by atoms with Crippen molar-refractivity contribution >= 4 is 43.7 Å². The Morgan fingerprint density at radius 2 is 1.67 bits per heavy atom. The van der Waals surface area contributed by atoms with Crippen molar-refractivity contribution in [2.45, 2.75) is 37.6 Å². The summed E-state index contributed by atoms with van der Waals surface area (Å²) >= 11 is 0. The second-order valence-electron chi connectivity index (χ2n) is 3.00. The summed E-state index contributed by atoms with van der Waals surface area (Å²) in [6, 6.07) is 0. The van der Waals surface area contributed by atoms with Gasteiger partial charge in [0.25, 0.3) is 0 Å². The Morgan fingerprint density at radius 1 is 1.25 bits per heavy atom. The van der Waals surface area contributed by atoms with Gasteiger partial charge in [-0.15, -0.1) is 0 Å². The monoisotopic (exact) mass is 200 g/mol. The van der Waals surface area contributed by atoms with Gasteiger partial charge in [0, 0.05) is 0 Å². The first-order valence-electron chi connectivity index (χ1n) is 3.65. The second kappa shape index (κ2) is 6.16. The number of rotatable bonds is 1. The van der Waals surface area contributed by atoms with E-state index in [1.54, 1.807) is 0 Å². The fraction of sp³-hybridized carbons (Fsp3) is 0.857. The summed E-state index contributed by atoms with van der Waals surface area (Å²) in [6.07, 6.45) is 4.10. The van der Waals surface area contributed by atoms with Gasteiger partial charge in [0.05, 0.1) is 11.5 Å². The smallest absolute Gasteiger partial charge is 0.548 e. The molecule has 0 atom stereocenters. The molecule has 0 aromatic rings. The van der Waals surface area contributed by atoms with Crippen molar-refractivity contribution in [3.63, 3.8) is 0 Å². The zero-order chi connectivity index (χ0) is 7.61. The molecule has 0 spiro atoms. The van der Waals surface area contributed by atoms with Crippen LogP contribution >= 0.6 is 0 Å². The number of hydrogen-bond acceptors (Lipinski definition) is 3. The van der Waals surface area contributed by atoms with Gasteiger partial charge in [-0.05, 0) is 12.8 Å². The summed E-state index contributed by atoms with van der Waals surface area (Å²) in [4.78, 5) is 10.4. The van der Waals surface area contributed by atoms with Crippen molar-refractivity contribution < 1.29 is 15.4 Å². The molecule has 0 bridgehead atoms. The summed E-state index contributed by atoms with van der Waals surface area (Å²) in [5.74, 6) is -1.09. The van der Waals surface area contributed by atoms with E-state index in [-0.39, 0.29) is 43.2 Å². The first kappa shape index (κ1) is 15.1. The Hall–Kier alpha value is 0.650. The summed E-state index contributed by atoms with van der Waals surface area (Å²) in [7, 11) is 0. The maximum absolute atomic E-state index is 10.4. The van der Waals surface area contributed by atoms with Gasteiger partial charge < -0.3 is 21.1 Å². The van der Waals surface area contributed by atoms with E-state index in [0.29, 0.717) is 12.8 Å². The van der Waals surface area contributed by atoms with E-state index < -0.39 is 11.5 Å². The predicted octanol–water partition coefficient (Wildman–Crippen LogP) is -1.81. The fourth-order valence-corrected chi connectivity index (χ4v) is 1.39. The Morgan fingerprint density at radius 3 is 1.92 bits per heavy atom. The van der Waals surface area contributed by atoms with Crippen molar-refractivity contribution in [1.29, 1.82) is 0 Å². The molecule has 1 saturated carbocycles. The van der Waals surface area contributed by atoms with E-state index in [1.165, 1.54) is 0 Å². The first-order valence-corrected chi connectivity index (χ1v) is 3.65.